The van der Waals surface area contributed by atoms with Crippen molar-refractivity contribution < 1.29 is 4.79 Å². The molecule has 2 atom stereocenters. The Labute approximate surface area is 102 Å². The van der Waals surface area contributed by atoms with Crippen molar-refractivity contribution >= 4 is 11.7 Å². The molecule has 1 N–H and O–H groups in total. The van der Waals surface area contributed by atoms with Gasteiger partial charge in [0.05, 0.1) is 6.04 Å². The number of amides is 1. The van der Waals surface area contributed by atoms with Crippen molar-refractivity contribution in [3.8, 4) is 0 Å². The minimum atomic E-state index is -0.0977. The minimum absolute atomic E-state index is 0.0977. The number of nitrogens with zero attached hydrogens (tertiary/aromatic N) is 2. The predicted octanol–water partition coefficient (Wildman–Crippen LogP) is 1.43. The van der Waals surface area contributed by atoms with Crippen molar-refractivity contribution in [2.75, 3.05) is 18.5 Å². The number of anilines is 1. The zero-order valence-corrected chi connectivity index (χ0v) is 10.4. The number of pyridine rings is 1. The second-order valence-electron chi connectivity index (χ2n) is 4.56. The lowest BCUT2D eigenvalue weighted by Gasteiger charge is -2.25. The summed E-state index contributed by atoms with van der Waals surface area (Å²) in [5, 5.41) is 3.12. The van der Waals surface area contributed by atoms with Crippen LogP contribution >= 0.6 is 0 Å². The number of likely N-dealkylation sites (N-methyl/N-ethyl adjacent to an activating group) is 1. The fraction of sp³-hybridized carbons (Fsp3) is 0.538. The molecule has 2 unspecified atom stereocenters. The second-order valence-corrected chi connectivity index (χ2v) is 4.56. The third-order valence-electron chi connectivity index (χ3n) is 3.38. The highest BCUT2D eigenvalue weighted by Crippen LogP contribution is 2.22. The van der Waals surface area contributed by atoms with Crippen LogP contribution in [0.3, 0.4) is 0 Å². The first-order valence-corrected chi connectivity index (χ1v) is 6.13. The highest BCUT2D eigenvalue weighted by molar-refractivity contribution is 5.96. The van der Waals surface area contributed by atoms with Gasteiger partial charge >= 0.3 is 0 Å². The van der Waals surface area contributed by atoms with Gasteiger partial charge in [0.2, 0.25) is 5.91 Å². The maximum Gasteiger partial charge on any atom is 0.245 e. The molecule has 0 spiro atoms. The average Bonchev–Trinajstić information content (AvgIpc) is 2.49. The first kappa shape index (κ1) is 12.0. The van der Waals surface area contributed by atoms with E-state index in [0.717, 1.165) is 25.2 Å². The summed E-state index contributed by atoms with van der Waals surface area (Å²) in [5.41, 5.74) is 0. The topological polar surface area (TPSA) is 45.2 Å². The van der Waals surface area contributed by atoms with Crippen LogP contribution in [0.25, 0.3) is 0 Å². The fourth-order valence-electron chi connectivity index (χ4n) is 2.41. The van der Waals surface area contributed by atoms with Crippen molar-refractivity contribution in [2.24, 2.45) is 5.92 Å². The van der Waals surface area contributed by atoms with Gasteiger partial charge in [0.25, 0.3) is 0 Å². The van der Waals surface area contributed by atoms with Crippen molar-refractivity contribution in [3.63, 3.8) is 0 Å². The Kier molecular flexibility index (Phi) is 3.74. The Balaban J connectivity index is 2.25. The van der Waals surface area contributed by atoms with E-state index in [2.05, 4.69) is 17.2 Å². The molecule has 4 heteroatoms. The molecule has 17 heavy (non-hydrogen) atoms. The smallest absolute Gasteiger partial charge is 0.245 e. The number of aromatic nitrogens is 1. The number of hydrogen-bond donors (Lipinski definition) is 1. The summed E-state index contributed by atoms with van der Waals surface area (Å²) in [6, 6.07) is 5.57. The highest BCUT2D eigenvalue weighted by atomic mass is 16.2. The molecule has 1 aromatic heterocycles. The summed E-state index contributed by atoms with van der Waals surface area (Å²) in [6.45, 7) is 2.89. The molecule has 1 aliphatic heterocycles. The van der Waals surface area contributed by atoms with E-state index in [0.29, 0.717) is 5.92 Å². The Hall–Kier alpha value is -1.42. The van der Waals surface area contributed by atoms with Crippen LogP contribution < -0.4 is 10.2 Å². The quantitative estimate of drug-likeness (QED) is 0.840. The summed E-state index contributed by atoms with van der Waals surface area (Å²) in [5.74, 6) is 1.27. The van der Waals surface area contributed by atoms with E-state index in [-0.39, 0.29) is 11.9 Å². The summed E-state index contributed by atoms with van der Waals surface area (Å²) in [7, 11) is 1.85. The van der Waals surface area contributed by atoms with Crippen LogP contribution in [0.2, 0.25) is 0 Å². The average molecular weight is 233 g/mol. The fourth-order valence-corrected chi connectivity index (χ4v) is 2.41. The van der Waals surface area contributed by atoms with Crippen LogP contribution in [0.15, 0.2) is 24.4 Å². The molecular formula is C13H19N3O. The summed E-state index contributed by atoms with van der Waals surface area (Å²) >= 11 is 0. The Bertz CT molecular complexity index is 380. The molecule has 0 aromatic carbocycles. The van der Waals surface area contributed by atoms with Crippen LogP contribution in [0, 0.1) is 5.92 Å². The van der Waals surface area contributed by atoms with Gasteiger partial charge in [0, 0.05) is 12.7 Å². The van der Waals surface area contributed by atoms with Crippen molar-refractivity contribution in [1.82, 2.24) is 10.3 Å². The van der Waals surface area contributed by atoms with Gasteiger partial charge in [0.1, 0.15) is 5.82 Å². The van der Waals surface area contributed by atoms with Crippen molar-refractivity contribution in [1.29, 1.82) is 0 Å². The van der Waals surface area contributed by atoms with Gasteiger partial charge < -0.3 is 5.32 Å². The molecule has 2 heterocycles. The van der Waals surface area contributed by atoms with Gasteiger partial charge in [-0.3, -0.25) is 9.69 Å². The number of carbonyl (C=O) groups excluding carboxylic acids is 1. The molecule has 0 radical (unpaired) electrons. The monoisotopic (exact) mass is 233 g/mol. The van der Waals surface area contributed by atoms with Crippen molar-refractivity contribution in [3.05, 3.63) is 24.4 Å². The van der Waals surface area contributed by atoms with Gasteiger partial charge in [-0.25, -0.2) is 4.98 Å². The molecule has 92 valence electrons. The minimum Gasteiger partial charge on any atom is -0.309 e. The van der Waals surface area contributed by atoms with Crippen LogP contribution in [-0.4, -0.2) is 30.5 Å². The number of rotatable bonds is 2. The van der Waals surface area contributed by atoms with E-state index in [1.54, 1.807) is 11.1 Å². The molecule has 2 rings (SSSR count). The SMILES string of the molecule is CNC1C(=O)N(c2ccccn2)CCCC1C. The number of nitrogens with one attached hydrogen (secondary N) is 1. The van der Waals surface area contributed by atoms with E-state index in [9.17, 15) is 4.79 Å². The van der Waals surface area contributed by atoms with E-state index in [1.807, 2.05) is 25.2 Å². The van der Waals surface area contributed by atoms with Crippen LogP contribution in [0.4, 0.5) is 5.82 Å². The van der Waals surface area contributed by atoms with Gasteiger partial charge in [-0.2, -0.15) is 0 Å². The molecule has 1 fully saturated rings. The van der Waals surface area contributed by atoms with E-state index < -0.39 is 0 Å². The third-order valence-corrected chi connectivity index (χ3v) is 3.38. The normalized spacial score (nSPS) is 25.8. The van der Waals surface area contributed by atoms with Gasteiger partial charge in [-0.05, 0) is 37.9 Å². The molecule has 1 saturated heterocycles. The van der Waals surface area contributed by atoms with Crippen LogP contribution in [0.1, 0.15) is 19.8 Å². The first-order chi connectivity index (χ1) is 8.24. The molecule has 0 saturated carbocycles. The summed E-state index contributed by atoms with van der Waals surface area (Å²) in [4.78, 5) is 18.5. The van der Waals surface area contributed by atoms with Gasteiger partial charge in [-0.15, -0.1) is 0 Å². The Morgan fingerprint density at radius 3 is 2.94 bits per heavy atom. The molecule has 0 aliphatic carbocycles. The first-order valence-electron chi connectivity index (χ1n) is 6.13. The molecule has 1 amide bonds. The van der Waals surface area contributed by atoms with Gasteiger partial charge in [0.15, 0.2) is 0 Å². The largest absolute Gasteiger partial charge is 0.309 e. The van der Waals surface area contributed by atoms with Gasteiger partial charge in [-0.1, -0.05) is 13.0 Å². The molecule has 4 nitrogen and oxygen atoms in total. The number of hydrogen-bond acceptors (Lipinski definition) is 3. The molecule has 1 aliphatic rings. The van der Waals surface area contributed by atoms with E-state index in [4.69, 9.17) is 0 Å². The van der Waals surface area contributed by atoms with Crippen LogP contribution in [0.5, 0.6) is 0 Å². The molecular weight excluding hydrogens is 214 g/mol. The van der Waals surface area contributed by atoms with E-state index in [1.165, 1.54) is 0 Å². The zero-order valence-electron chi connectivity index (χ0n) is 10.4. The summed E-state index contributed by atoms with van der Waals surface area (Å²) < 4.78 is 0. The third kappa shape index (κ3) is 2.47. The standard InChI is InChI=1S/C13H19N3O/c1-10-6-5-9-16(13(17)12(10)14-2)11-7-3-4-8-15-11/h3-4,7-8,10,12,14H,5-6,9H2,1-2H3. The zero-order chi connectivity index (χ0) is 12.3. The van der Waals surface area contributed by atoms with Crippen molar-refractivity contribution in [2.45, 2.75) is 25.8 Å². The van der Waals surface area contributed by atoms with E-state index >= 15 is 0 Å². The predicted molar refractivity (Wildman–Crippen MR) is 67.8 cm³/mol. The molecule has 1 aromatic rings. The molecule has 0 bridgehead atoms. The highest BCUT2D eigenvalue weighted by Gasteiger charge is 2.31. The summed E-state index contributed by atoms with van der Waals surface area (Å²) in [6.07, 6.45) is 3.83. The Morgan fingerprint density at radius 2 is 2.29 bits per heavy atom. The lowest BCUT2D eigenvalue weighted by Crippen LogP contribution is -2.47. The lowest BCUT2D eigenvalue weighted by atomic mass is 9.98. The second kappa shape index (κ2) is 5.27. The Morgan fingerprint density at radius 1 is 1.47 bits per heavy atom. The maximum atomic E-state index is 12.4. The maximum absolute atomic E-state index is 12.4. The van der Waals surface area contributed by atoms with Crippen LogP contribution in [-0.2, 0) is 4.79 Å². The lowest BCUT2D eigenvalue weighted by molar-refractivity contribution is -0.121. The number of carbonyl (C=O) groups is 1.